The summed E-state index contributed by atoms with van der Waals surface area (Å²) in [5, 5.41) is 9.62. The fourth-order valence-electron chi connectivity index (χ4n) is 1.59. The lowest BCUT2D eigenvalue weighted by molar-refractivity contribution is -0.109. The number of fused-ring (bicyclic) bond motifs is 1. The molecule has 2 aromatic rings. The van der Waals surface area contributed by atoms with Crippen molar-refractivity contribution in [2.45, 2.75) is 12.5 Å². The van der Waals surface area contributed by atoms with Crippen LogP contribution in [0.2, 0.25) is 0 Å². The Morgan fingerprint density at radius 2 is 2.40 bits per heavy atom. The second kappa shape index (κ2) is 3.82. The summed E-state index contributed by atoms with van der Waals surface area (Å²) in [6.45, 7) is 0. The van der Waals surface area contributed by atoms with E-state index in [2.05, 4.69) is 4.98 Å². The minimum absolute atomic E-state index is 0.123. The minimum atomic E-state index is -0.728. The van der Waals surface area contributed by atoms with Gasteiger partial charge in [-0.15, -0.1) is 0 Å². The van der Waals surface area contributed by atoms with Gasteiger partial charge < -0.3 is 14.5 Å². The van der Waals surface area contributed by atoms with Gasteiger partial charge in [-0.25, -0.2) is 4.98 Å². The normalized spacial score (nSPS) is 12.9. The molecule has 0 aliphatic carbocycles. The summed E-state index contributed by atoms with van der Waals surface area (Å²) < 4.78 is 1.91. The van der Waals surface area contributed by atoms with Gasteiger partial charge in [0.05, 0.1) is 23.5 Å². The van der Waals surface area contributed by atoms with Gasteiger partial charge in [0.1, 0.15) is 6.29 Å². The van der Waals surface area contributed by atoms with E-state index < -0.39 is 6.10 Å². The van der Waals surface area contributed by atoms with Crippen LogP contribution in [0.4, 0.5) is 0 Å². The van der Waals surface area contributed by atoms with Crippen molar-refractivity contribution in [3.8, 4) is 0 Å². The molecule has 1 aromatic heterocycles. The van der Waals surface area contributed by atoms with Crippen LogP contribution in [-0.2, 0) is 11.8 Å². The summed E-state index contributed by atoms with van der Waals surface area (Å²) in [5.74, 6) is 0. The molecule has 1 atom stereocenters. The van der Waals surface area contributed by atoms with Crippen molar-refractivity contribution in [1.29, 1.82) is 0 Å². The molecule has 0 saturated heterocycles. The highest BCUT2D eigenvalue weighted by molar-refractivity contribution is 5.76. The van der Waals surface area contributed by atoms with E-state index in [0.717, 1.165) is 16.6 Å². The van der Waals surface area contributed by atoms with E-state index in [1.54, 1.807) is 6.33 Å². The molecular formula is C11H12N2O2. The lowest BCUT2D eigenvalue weighted by Gasteiger charge is -2.06. The monoisotopic (exact) mass is 204 g/mol. The molecule has 0 radical (unpaired) electrons. The van der Waals surface area contributed by atoms with Crippen molar-refractivity contribution in [1.82, 2.24) is 9.55 Å². The summed E-state index contributed by atoms with van der Waals surface area (Å²) in [5.41, 5.74) is 2.57. The molecule has 0 aliphatic rings. The first kappa shape index (κ1) is 9.86. The molecule has 0 aliphatic heterocycles. The molecule has 1 aromatic carbocycles. The third-order valence-corrected chi connectivity index (χ3v) is 2.45. The Labute approximate surface area is 87.2 Å². The zero-order valence-electron chi connectivity index (χ0n) is 8.42. The van der Waals surface area contributed by atoms with Gasteiger partial charge >= 0.3 is 0 Å². The average Bonchev–Trinajstić information content (AvgIpc) is 2.60. The minimum Gasteiger partial charge on any atom is -0.388 e. The van der Waals surface area contributed by atoms with E-state index in [4.69, 9.17) is 0 Å². The van der Waals surface area contributed by atoms with Gasteiger partial charge in [0, 0.05) is 13.5 Å². The van der Waals surface area contributed by atoms with Crippen molar-refractivity contribution < 1.29 is 9.90 Å². The van der Waals surface area contributed by atoms with Crippen molar-refractivity contribution in [3.05, 3.63) is 30.1 Å². The summed E-state index contributed by atoms with van der Waals surface area (Å²) in [4.78, 5) is 14.5. The van der Waals surface area contributed by atoms with Crippen molar-refractivity contribution in [2.24, 2.45) is 7.05 Å². The van der Waals surface area contributed by atoms with Crippen LogP contribution in [0.5, 0.6) is 0 Å². The van der Waals surface area contributed by atoms with Gasteiger partial charge in [-0.2, -0.15) is 0 Å². The van der Waals surface area contributed by atoms with Gasteiger partial charge in [0.15, 0.2) is 0 Å². The lowest BCUT2D eigenvalue weighted by Crippen LogP contribution is -1.97. The number of hydrogen-bond donors (Lipinski definition) is 1. The molecule has 4 nitrogen and oxygen atoms in total. The Balaban J connectivity index is 2.42. The third kappa shape index (κ3) is 1.76. The molecule has 78 valence electrons. The first-order valence-corrected chi connectivity index (χ1v) is 4.75. The summed E-state index contributed by atoms with van der Waals surface area (Å²) >= 11 is 0. The van der Waals surface area contributed by atoms with Crippen molar-refractivity contribution in [2.75, 3.05) is 0 Å². The number of aromatic nitrogens is 2. The molecular weight excluding hydrogens is 192 g/mol. The number of rotatable bonds is 3. The van der Waals surface area contributed by atoms with Crippen LogP contribution in [0.25, 0.3) is 11.0 Å². The van der Waals surface area contributed by atoms with Crippen LogP contribution in [0.1, 0.15) is 18.1 Å². The lowest BCUT2D eigenvalue weighted by atomic mass is 10.1. The molecule has 2 rings (SSSR count). The van der Waals surface area contributed by atoms with E-state index in [9.17, 15) is 9.90 Å². The number of carbonyl (C=O) groups is 1. The van der Waals surface area contributed by atoms with Gasteiger partial charge in [-0.1, -0.05) is 6.07 Å². The molecule has 1 heterocycles. The SMILES string of the molecule is Cn1cnc2cc([C@@H](O)CC=O)ccc21. The Morgan fingerprint density at radius 1 is 1.60 bits per heavy atom. The Morgan fingerprint density at radius 3 is 3.13 bits per heavy atom. The molecule has 0 spiro atoms. The Kier molecular flexibility index (Phi) is 2.51. The first-order chi connectivity index (χ1) is 7.22. The zero-order chi connectivity index (χ0) is 10.8. The standard InChI is InChI=1S/C11H12N2O2/c1-13-7-12-9-6-8(2-3-10(9)13)11(15)4-5-14/h2-3,5-7,11,15H,4H2,1H3/t11-/m0/s1. The number of aliphatic hydroxyl groups is 1. The second-order valence-electron chi connectivity index (χ2n) is 3.52. The van der Waals surface area contributed by atoms with Crippen LogP contribution in [0.15, 0.2) is 24.5 Å². The molecule has 15 heavy (non-hydrogen) atoms. The van der Waals surface area contributed by atoms with Crippen LogP contribution >= 0.6 is 0 Å². The smallest absolute Gasteiger partial charge is 0.122 e. The first-order valence-electron chi connectivity index (χ1n) is 4.75. The maximum absolute atomic E-state index is 10.3. The highest BCUT2D eigenvalue weighted by Gasteiger charge is 2.08. The topological polar surface area (TPSA) is 55.1 Å². The van der Waals surface area contributed by atoms with E-state index >= 15 is 0 Å². The molecule has 0 saturated carbocycles. The fourth-order valence-corrected chi connectivity index (χ4v) is 1.59. The van der Waals surface area contributed by atoms with Crippen molar-refractivity contribution >= 4 is 17.3 Å². The molecule has 0 bridgehead atoms. The van der Waals surface area contributed by atoms with Gasteiger partial charge in [-0.3, -0.25) is 0 Å². The number of aryl methyl sites for hydroxylation is 1. The highest BCUT2D eigenvalue weighted by Crippen LogP contribution is 2.20. The number of benzene rings is 1. The Hall–Kier alpha value is -1.68. The Bertz CT molecular complexity index is 490. The summed E-state index contributed by atoms with van der Waals surface area (Å²) in [6.07, 6.45) is 1.83. The fraction of sp³-hybridized carbons (Fsp3) is 0.273. The van der Waals surface area contributed by atoms with Gasteiger partial charge in [0.2, 0.25) is 0 Å². The van der Waals surface area contributed by atoms with E-state index in [0.29, 0.717) is 6.29 Å². The highest BCUT2D eigenvalue weighted by atomic mass is 16.3. The number of aldehydes is 1. The molecule has 0 fully saturated rings. The maximum atomic E-state index is 10.3. The zero-order valence-corrected chi connectivity index (χ0v) is 8.42. The van der Waals surface area contributed by atoms with E-state index in [-0.39, 0.29) is 6.42 Å². The summed E-state index contributed by atoms with van der Waals surface area (Å²) in [7, 11) is 1.91. The predicted octanol–water partition coefficient (Wildman–Crippen LogP) is 1.20. The molecule has 1 N–H and O–H groups in total. The number of imidazole rings is 1. The number of nitrogens with zero attached hydrogens (tertiary/aromatic N) is 2. The molecule has 4 heteroatoms. The van der Waals surface area contributed by atoms with Crippen LogP contribution in [-0.4, -0.2) is 20.9 Å². The van der Waals surface area contributed by atoms with E-state index in [1.165, 1.54) is 0 Å². The van der Waals surface area contributed by atoms with Gasteiger partial charge in [0.25, 0.3) is 0 Å². The molecule has 0 unspecified atom stereocenters. The van der Waals surface area contributed by atoms with Gasteiger partial charge in [-0.05, 0) is 17.7 Å². The maximum Gasteiger partial charge on any atom is 0.122 e. The third-order valence-electron chi connectivity index (χ3n) is 2.45. The van der Waals surface area contributed by atoms with Crippen molar-refractivity contribution in [3.63, 3.8) is 0 Å². The number of carbonyl (C=O) groups excluding carboxylic acids is 1. The van der Waals surface area contributed by atoms with E-state index in [1.807, 2.05) is 29.8 Å². The number of hydrogen-bond acceptors (Lipinski definition) is 3. The van der Waals surface area contributed by atoms with Crippen LogP contribution < -0.4 is 0 Å². The average molecular weight is 204 g/mol. The quantitative estimate of drug-likeness (QED) is 0.764. The predicted molar refractivity (Wildman–Crippen MR) is 56.4 cm³/mol. The van der Waals surface area contributed by atoms with Crippen LogP contribution in [0, 0.1) is 0 Å². The summed E-state index contributed by atoms with van der Waals surface area (Å²) in [6, 6.07) is 5.52. The number of aliphatic hydroxyl groups excluding tert-OH is 1. The molecule has 0 amide bonds. The van der Waals surface area contributed by atoms with Crippen LogP contribution in [0.3, 0.4) is 0 Å². The largest absolute Gasteiger partial charge is 0.388 e. The second-order valence-corrected chi connectivity index (χ2v) is 3.52.